The molecule has 2 aromatic heterocycles. The van der Waals surface area contributed by atoms with Gasteiger partial charge in [-0.1, -0.05) is 48.5 Å². The van der Waals surface area contributed by atoms with Crippen LogP contribution in [0.15, 0.2) is 59.0 Å². The van der Waals surface area contributed by atoms with Crippen molar-refractivity contribution in [1.29, 1.82) is 0 Å². The second kappa shape index (κ2) is 7.99. The average Bonchev–Trinajstić information content (AvgIpc) is 3.23. The van der Waals surface area contributed by atoms with Gasteiger partial charge >= 0.3 is 5.97 Å². The molecule has 4 aromatic rings. The van der Waals surface area contributed by atoms with Crippen LogP contribution in [0.2, 0.25) is 0 Å². The fraction of sp³-hybridized carbons (Fsp3) is 0.208. The Bertz CT molecular complexity index is 1240. The number of hydrogen-bond acceptors (Lipinski definition) is 5. The van der Waals surface area contributed by atoms with Crippen molar-refractivity contribution in [3.8, 4) is 0 Å². The standard InChI is InChI=1S/C24H22N2O4/c1-15-19-11-7-8-12-21(19)30-23(15)20(27)14-29-24(28)22-16(2)25-26(17(22)3)13-18-9-5-4-6-10-18/h4-12H,13-14H2,1-3H3. The van der Waals surface area contributed by atoms with E-state index < -0.39 is 5.97 Å². The maximum absolute atomic E-state index is 12.7. The molecule has 0 N–H and O–H groups in total. The van der Waals surface area contributed by atoms with E-state index in [1.807, 2.05) is 62.4 Å². The minimum absolute atomic E-state index is 0.220. The van der Waals surface area contributed by atoms with Crippen LogP contribution in [0.3, 0.4) is 0 Å². The van der Waals surface area contributed by atoms with Crippen molar-refractivity contribution in [2.24, 2.45) is 0 Å². The zero-order valence-corrected chi connectivity index (χ0v) is 17.1. The van der Waals surface area contributed by atoms with E-state index >= 15 is 0 Å². The molecule has 2 aromatic carbocycles. The van der Waals surface area contributed by atoms with E-state index in [1.54, 1.807) is 17.7 Å². The Morgan fingerprint density at radius 3 is 2.43 bits per heavy atom. The van der Waals surface area contributed by atoms with Gasteiger partial charge in [-0.2, -0.15) is 5.10 Å². The van der Waals surface area contributed by atoms with E-state index in [2.05, 4.69) is 5.10 Å². The number of hydrogen-bond donors (Lipinski definition) is 0. The van der Waals surface area contributed by atoms with Gasteiger partial charge in [0.05, 0.1) is 17.9 Å². The summed E-state index contributed by atoms with van der Waals surface area (Å²) in [4.78, 5) is 25.3. The van der Waals surface area contributed by atoms with Gasteiger partial charge in [-0.25, -0.2) is 4.79 Å². The molecule has 152 valence electrons. The van der Waals surface area contributed by atoms with Gasteiger partial charge in [-0.15, -0.1) is 0 Å². The molecule has 0 saturated heterocycles. The lowest BCUT2D eigenvalue weighted by Gasteiger charge is -2.06. The van der Waals surface area contributed by atoms with Crippen molar-refractivity contribution in [3.05, 3.63) is 88.4 Å². The van der Waals surface area contributed by atoms with Crippen molar-refractivity contribution >= 4 is 22.7 Å². The molecule has 0 spiro atoms. The molecule has 0 fully saturated rings. The lowest BCUT2D eigenvalue weighted by molar-refractivity contribution is 0.0466. The third kappa shape index (κ3) is 3.64. The lowest BCUT2D eigenvalue weighted by atomic mass is 10.1. The van der Waals surface area contributed by atoms with Crippen LogP contribution in [0, 0.1) is 20.8 Å². The van der Waals surface area contributed by atoms with Crippen molar-refractivity contribution in [2.45, 2.75) is 27.3 Å². The first kappa shape index (κ1) is 19.6. The first-order chi connectivity index (χ1) is 14.5. The molecule has 0 amide bonds. The average molecular weight is 402 g/mol. The fourth-order valence-corrected chi connectivity index (χ4v) is 3.61. The number of rotatable bonds is 6. The van der Waals surface area contributed by atoms with Crippen LogP contribution in [0.1, 0.15) is 43.4 Å². The summed E-state index contributed by atoms with van der Waals surface area (Å²) in [5.41, 5.74) is 4.13. The van der Waals surface area contributed by atoms with Gasteiger partial charge < -0.3 is 9.15 Å². The quantitative estimate of drug-likeness (QED) is 0.347. The lowest BCUT2D eigenvalue weighted by Crippen LogP contribution is -2.16. The number of Topliss-reactive ketones (excluding diaryl/α,β-unsaturated/α-hetero) is 1. The number of ether oxygens (including phenoxy) is 1. The van der Waals surface area contributed by atoms with Gasteiger partial charge in [0.2, 0.25) is 5.78 Å². The van der Waals surface area contributed by atoms with Crippen LogP contribution >= 0.6 is 0 Å². The highest BCUT2D eigenvalue weighted by atomic mass is 16.5. The molecule has 0 unspecified atom stereocenters. The second-order valence-corrected chi connectivity index (χ2v) is 7.24. The van der Waals surface area contributed by atoms with E-state index in [0.717, 1.165) is 16.5 Å². The molecule has 0 atom stereocenters. The van der Waals surface area contributed by atoms with Crippen molar-refractivity contribution in [3.63, 3.8) is 0 Å². The number of carbonyl (C=O) groups excluding carboxylic acids is 2. The molecule has 2 heterocycles. The van der Waals surface area contributed by atoms with Gasteiger partial charge in [-0.3, -0.25) is 9.48 Å². The predicted octanol–water partition coefficient (Wildman–Crippen LogP) is 4.64. The molecule has 6 nitrogen and oxygen atoms in total. The van der Waals surface area contributed by atoms with Crippen LogP contribution in [0.5, 0.6) is 0 Å². The maximum atomic E-state index is 12.7. The zero-order valence-electron chi connectivity index (χ0n) is 17.1. The molecule has 0 aliphatic heterocycles. The summed E-state index contributed by atoms with van der Waals surface area (Å²) in [6, 6.07) is 17.3. The predicted molar refractivity (Wildman–Crippen MR) is 113 cm³/mol. The number of carbonyl (C=O) groups is 2. The molecule has 0 aliphatic rings. The summed E-state index contributed by atoms with van der Waals surface area (Å²) >= 11 is 0. The smallest absolute Gasteiger partial charge is 0.342 e. The molecule has 0 radical (unpaired) electrons. The SMILES string of the molecule is Cc1nn(Cc2ccccc2)c(C)c1C(=O)OCC(=O)c1oc2ccccc2c1C. The number of nitrogens with zero attached hydrogens (tertiary/aromatic N) is 2. The molecule has 30 heavy (non-hydrogen) atoms. The number of furan rings is 1. The van der Waals surface area contributed by atoms with Crippen LogP contribution < -0.4 is 0 Å². The minimum atomic E-state index is -0.563. The highest BCUT2D eigenvalue weighted by molar-refractivity contribution is 6.02. The highest BCUT2D eigenvalue weighted by Gasteiger charge is 2.23. The van der Waals surface area contributed by atoms with Crippen LogP contribution in [0.25, 0.3) is 11.0 Å². The van der Waals surface area contributed by atoms with Crippen LogP contribution in [-0.4, -0.2) is 28.1 Å². The molecule has 4 rings (SSSR count). The number of aromatic nitrogens is 2. The van der Waals surface area contributed by atoms with Gasteiger partial charge in [0.25, 0.3) is 0 Å². The van der Waals surface area contributed by atoms with Gasteiger partial charge in [0, 0.05) is 10.9 Å². The summed E-state index contributed by atoms with van der Waals surface area (Å²) in [5.74, 6) is -0.715. The number of benzene rings is 2. The third-order valence-corrected chi connectivity index (χ3v) is 5.19. The minimum Gasteiger partial charge on any atom is -0.453 e. The summed E-state index contributed by atoms with van der Waals surface area (Å²) < 4.78 is 12.7. The Kier molecular flexibility index (Phi) is 5.23. The number of esters is 1. The monoisotopic (exact) mass is 402 g/mol. The molecule has 0 bridgehead atoms. The van der Waals surface area contributed by atoms with E-state index in [1.165, 1.54) is 0 Å². The van der Waals surface area contributed by atoms with E-state index in [0.29, 0.717) is 29.1 Å². The number of ketones is 1. The van der Waals surface area contributed by atoms with E-state index in [9.17, 15) is 9.59 Å². The Morgan fingerprint density at radius 1 is 1.00 bits per heavy atom. The van der Waals surface area contributed by atoms with E-state index in [-0.39, 0.29) is 18.2 Å². The van der Waals surface area contributed by atoms with Gasteiger partial charge in [0.15, 0.2) is 12.4 Å². The first-order valence-corrected chi connectivity index (χ1v) is 9.72. The second-order valence-electron chi connectivity index (χ2n) is 7.24. The van der Waals surface area contributed by atoms with Crippen molar-refractivity contribution in [2.75, 3.05) is 6.61 Å². The zero-order chi connectivity index (χ0) is 21.3. The summed E-state index contributed by atoms with van der Waals surface area (Å²) in [6.45, 7) is 5.57. The number of aryl methyl sites for hydroxylation is 2. The third-order valence-electron chi connectivity index (χ3n) is 5.19. The molecular weight excluding hydrogens is 380 g/mol. The van der Waals surface area contributed by atoms with Crippen molar-refractivity contribution in [1.82, 2.24) is 9.78 Å². The van der Waals surface area contributed by atoms with Gasteiger partial charge in [0.1, 0.15) is 11.1 Å². The largest absolute Gasteiger partial charge is 0.453 e. The first-order valence-electron chi connectivity index (χ1n) is 9.72. The Morgan fingerprint density at radius 2 is 1.70 bits per heavy atom. The summed E-state index contributed by atoms with van der Waals surface area (Å²) in [6.07, 6.45) is 0. The maximum Gasteiger partial charge on any atom is 0.342 e. The number of fused-ring (bicyclic) bond motifs is 1. The molecule has 0 saturated carbocycles. The topological polar surface area (TPSA) is 74.3 Å². The van der Waals surface area contributed by atoms with E-state index in [4.69, 9.17) is 9.15 Å². The Balaban J connectivity index is 1.48. The van der Waals surface area contributed by atoms with Gasteiger partial charge in [-0.05, 0) is 32.4 Å². The van der Waals surface area contributed by atoms with Crippen LogP contribution in [-0.2, 0) is 11.3 Å². The fourth-order valence-electron chi connectivity index (χ4n) is 3.61. The molecule has 0 aliphatic carbocycles. The normalized spacial score (nSPS) is 11.0. The Hall–Kier alpha value is -3.67. The number of para-hydroxylation sites is 1. The van der Waals surface area contributed by atoms with Crippen molar-refractivity contribution < 1.29 is 18.7 Å². The molecular formula is C24H22N2O4. The highest BCUT2D eigenvalue weighted by Crippen LogP contribution is 2.25. The Labute approximate surface area is 174 Å². The van der Waals surface area contributed by atoms with Crippen LogP contribution in [0.4, 0.5) is 0 Å². The summed E-state index contributed by atoms with van der Waals surface area (Å²) in [5, 5.41) is 5.34. The summed E-state index contributed by atoms with van der Waals surface area (Å²) in [7, 11) is 0. The molecule has 6 heteroatoms.